The number of aliphatic hydroxyl groups excluding tert-OH is 1. The van der Waals surface area contributed by atoms with Crippen molar-refractivity contribution in [3.63, 3.8) is 0 Å². The van der Waals surface area contributed by atoms with E-state index in [0.29, 0.717) is 17.5 Å². The van der Waals surface area contributed by atoms with Gasteiger partial charge in [-0.1, -0.05) is 18.2 Å². The summed E-state index contributed by atoms with van der Waals surface area (Å²) in [5, 5.41) is 11.1. The van der Waals surface area contributed by atoms with E-state index in [-0.39, 0.29) is 24.6 Å². The van der Waals surface area contributed by atoms with E-state index in [9.17, 15) is 14.4 Å². The normalized spacial score (nSPS) is 18.8. The van der Waals surface area contributed by atoms with Gasteiger partial charge in [0.25, 0.3) is 0 Å². The molecule has 0 saturated carbocycles. The lowest BCUT2D eigenvalue weighted by atomic mass is 10.1. The fraction of sp³-hybridized carbons (Fsp3) is 0.312. The Morgan fingerprint density at radius 2 is 2.09 bits per heavy atom. The van der Waals surface area contributed by atoms with Crippen molar-refractivity contribution in [2.24, 2.45) is 7.05 Å². The average molecular weight is 315 g/mol. The molecule has 1 aromatic heterocycles. The molecular weight excluding hydrogens is 298 g/mol. The molecule has 7 nitrogen and oxygen atoms in total. The summed E-state index contributed by atoms with van der Waals surface area (Å²) in [5.74, 6) is -0.754. The first-order chi connectivity index (χ1) is 11.0. The van der Waals surface area contributed by atoms with Gasteiger partial charge in [-0.15, -0.1) is 0 Å². The van der Waals surface area contributed by atoms with Crippen molar-refractivity contribution in [3.05, 3.63) is 40.3 Å². The van der Waals surface area contributed by atoms with Gasteiger partial charge in [-0.2, -0.15) is 0 Å². The summed E-state index contributed by atoms with van der Waals surface area (Å²) in [4.78, 5) is 35.9. The number of aliphatic hydroxyl groups is 1. The van der Waals surface area contributed by atoms with Crippen LogP contribution in [0.4, 0.5) is 0 Å². The van der Waals surface area contributed by atoms with Crippen molar-refractivity contribution in [1.82, 2.24) is 14.5 Å². The number of carbonyl (C=O) groups is 2. The molecule has 2 heterocycles. The summed E-state index contributed by atoms with van der Waals surface area (Å²) in [5.41, 5.74) is 1.90. The van der Waals surface area contributed by atoms with Crippen LogP contribution in [0.1, 0.15) is 24.4 Å². The predicted octanol–water partition coefficient (Wildman–Crippen LogP) is 0.323. The molecule has 2 N–H and O–H groups in total. The van der Waals surface area contributed by atoms with Gasteiger partial charge in [0, 0.05) is 13.5 Å². The highest BCUT2D eigenvalue weighted by atomic mass is 16.2. The summed E-state index contributed by atoms with van der Waals surface area (Å²) in [6.45, 7) is -0.0613. The molecule has 2 amide bonds. The van der Waals surface area contributed by atoms with Gasteiger partial charge in [-0.3, -0.25) is 24.0 Å². The number of carbonyl (C=O) groups excluding carboxylic acids is 2. The first-order valence-corrected chi connectivity index (χ1v) is 7.35. The van der Waals surface area contributed by atoms with Crippen molar-refractivity contribution in [3.8, 4) is 0 Å². The van der Waals surface area contributed by atoms with Crippen LogP contribution < -0.4 is 11.0 Å². The number of amides is 2. The maximum Gasteiger partial charge on any atom is 0.329 e. The van der Waals surface area contributed by atoms with E-state index in [0.717, 1.165) is 5.56 Å². The zero-order valence-electron chi connectivity index (χ0n) is 12.7. The van der Waals surface area contributed by atoms with Crippen molar-refractivity contribution in [2.75, 3.05) is 6.61 Å². The van der Waals surface area contributed by atoms with E-state index >= 15 is 0 Å². The number of nitrogens with one attached hydrogen (secondary N) is 1. The van der Waals surface area contributed by atoms with Gasteiger partial charge in [0.15, 0.2) is 0 Å². The minimum absolute atomic E-state index is 0.0613. The molecule has 0 radical (unpaired) electrons. The van der Waals surface area contributed by atoms with E-state index in [2.05, 4.69) is 5.32 Å². The van der Waals surface area contributed by atoms with Crippen LogP contribution >= 0.6 is 0 Å². The topological polar surface area (TPSA) is 93.3 Å². The number of imide groups is 1. The average Bonchev–Trinajstić information content (AvgIpc) is 2.77. The zero-order chi connectivity index (χ0) is 16.6. The van der Waals surface area contributed by atoms with Crippen LogP contribution in [0.2, 0.25) is 0 Å². The number of benzene rings is 1. The first-order valence-electron chi connectivity index (χ1n) is 7.35. The zero-order valence-corrected chi connectivity index (χ0v) is 12.7. The van der Waals surface area contributed by atoms with Crippen molar-refractivity contribution in [1.29, 1.82) is 0 Å². The van der Waals surface area contributed by atoms with Crippen molar-refractivity contribution < 1.29 is 14.7 Å². The molecule has 1 aliphatic heterocycles. The number of nitrogens with zero attached hydrogens (tertiary/aromatic N) is 2. The number of aromatic nitrogens is 2. The van der Waals surface area contributed by atoms with Gasteiger partial charge < -0.3 is 5.11 Å². The number of piperidine rings is 1. The van der Waals surface area contributed by atoms with E-state index < -0.39 is 11.9 Å². The standard InChI is InChI=1S/C16H17N3O4/c1-18-13-9-10(3-2-8-20)4-5-11(13)19(16(18)23)12-6-7-14(21)17-15(12)22/h2-5,9,12,20H,6-8H2,1H3,(H,17,21,22)/b3-2+. The Hall–Kier alpha value is -2.67. The number of imidazole rings is 1. The molecule has 7 heteroatoms. The Bertz CT molecular complexity index is 875. The molecule has 0 aliphatic carbocycles. The lowest BCUT2D eigenvalue weighted by Crippen LogP contribution is -2.44. The Morgan fingerprint density at radius 3 is 2.78 bits per heavy atom. The molecule has 3 rings (SSSR count). The van der Waals surface area contributed by atoms with Gasteiger partial charge in [-0.05, 0) is 24.1 Å². The van der Waals surface area contributed by atoms with Crippen LogP contribution in [0, 0.1) is 0 Å². The van der Waals surface area contributed by atoms with Crippen molar-refractivity contribution in [2.45, 2.75) is 18.9 Å². The number of hydrogen-bond donors (Lipinski definition) is 2. The SMILES string of the molecule is Cn1c(=O)n(C2CCC(=O)NC2=O)c2ccc(/C=C/CO)cc21. The summed E-state index contributed by atoms with van der Waals surface area (Å²) < 4.78 is 2.92. The van der Waals surface area contributed by atoms with Crippen molar-refractivity contribution >= 4 is 28.9 Å². The molecule has 1 saturated heterocycles. The Balaban J connectivity index is 2.13. The molecule has 1 atom stereocenters. The molecule has 2 aromatic rings. The molecular formula is C16H17N3O4. The third-order valence-corrected chi connectivity index (χ3v) is 4.05. The highest BCUT2D eigenvalue weighted by Crippen LogP contribution is 2.23. The van der Waals surface area contributed by atoms with Crippen LogP contribution in [0.3, 0.4) is 0 Å². The number of rotatable bonds is 3. The maximum atomic E-state index is 12.5. The van der Waals surface area contributed by atoms with Gasteiger partial charge in [0.1, 0.15) is 6.04 Å². The quantitative estimate of drug-likeness (QED) is 0.798. The van der Waals surface area contributed by atoms with Crippen LogP contribution in [-0.4, -0.2) is 32.7 Å². The molecule has 0 spiro atoms. The van der Waals surface area contributed by atoms with Crippen LogP contribution in [-0.2, 0) is 16.6 Å². The first kappa shape index (κ1) is 15.2. The lowest BCUT2D eigenvalue weighted by molar-refractivity contribution is -0.135. The largest absolute Gasteiger partial charge is 0.392 e. The van der Waals surface area contributed by atoms with E-state index in [1.165, 1.54) is 9.13 Å². The molecule has 1 aliphatic rings. The van der Waals surface area contributed by atoms with Crippen LogP contribution in [0.5, 0.6) is 0 Å². The third-order valence-electron chi connectivity index (χ3n) is 4.05. The number of hydrogen-bond acceptors (Lipinski definition) is 4. The van der Waals surface area contributed by atoms with Gasteiger partial charge in [-0.25, -0.2) is 4.79 Å². The molecule has 1 unspecified atom stereocenters. The van der Waals surface area contributed by atoms with E-state index in [1.54, 1.807) is 25.3 Å². The predicted molar refractivity (Wildman–Crippen MR) is 84.7 cm³/mol. The Kier molecular flexibility index (Phi) is 3.87. The highest BCUT2D eigenvalue weighted by Gasteiger charge is 2.31. The minimum Gasteiger partial charge on any atom is -0.392 e. The summed E-state index contributed by atoms with van der Waals surface area (Å²) in [6, 6.07) is 4.74. The van der Waals surface area contributed by atoms with Gasteiger partial charge in [0.05, 0.1) is 17.6 Å². The summed E-state index contributed by atoms with van der Waals surface area (Å²) in [6.07, 6.45) is 3.90. The molecule has 1 aromatic carbocycles. The number of fused-ring (bicyclic) bond motifs is 1. The van der Waals surface area contributed by atoms with Gasteiger partial charge in [0.2, 0.25) is 11.8 Å². The Morgan fingerprint density at radius 1 is 1.30 bits per heavy atom. The summed E-state index contributed by atoms with van der Waals surface area (Å²) in [7, 11) is 1.65. The Labute approximate surface area is 131 Å². The lowest BCUT2D eigenvalue weighted by Gasteiger charge is -2.21. The minimum atomic E-state index is -0.678. The second-order valence-corrected chi connectivity index (χ2v) is 5.51. The third kappa shape index (κ3) is 2.59. The van der Waals surface area contributed by atoms with Gasteiger partial charge >= 0.3 is 5.69 Å². The molecule has 0 bridgehead atoms. The van der Waals surface area contributed by atoms with E-state index in [4.69, 9.17) is 5.11 Å². The fourth-order valence-electron chi connectivity index (χ4n) is 2.90. The summed E-state index contributed by atoms with van der Waals surface area (Å²) >= 11 is 0. The second-order valence-electron chi connectivity index (χ2n) is 5.51. The highest BCUT2D eigenvalue weighted by molar-refractivity contribution is 6.00. The molecule has 120 valence electrons. The van der Waals surface area contributed by atoms with Crippen LogP contribution in [0.15, 0.2) is 29.1 Å². The molecule has 1 fully saturated rings. The maximum absolute atomic E-state index is 12.5. The monoisotopic (exact) mass is 315 g/mol. The smallest absolute Gasteiger partial charge is 0.329 e. The fourth-order valence-corrected chi connectivity index (χ4v) is 2.90. The van der Waals surface area contributed by atoms with Crippen LogP contribution in [0.25, 0.3) is 17.1 Å². The van der Waals surface area contributed by atoms with E-state index in [1.807, 2.05) is 12.1 Å². The second kappa shape index (κ2) is 5.85. The molecule has 23 heavy (non-hydrogen) atoms. The number of aryl methyl sites for hydroxylation is 1.